The van der Waals surface area contributed by atoms with Gasteiger partial charge in [-0.3, -0.25) is 0 Å². The maximum Gasteiger partial charge on any atom is 0.0959 e. The molecule has 0 amide bonds. The van der Waals surface area contributed by atoms with Gasteiger partial charge in [-0.1, -0.05) is 6.08 Å². The highest BCUT2D eigenvalue weighted by atomic mass is 32.2. The fourth-order valence-corrected chi connectivity index (χ4v) is 3.12. The SMILES string of the molecule is C=CCSCCNCc1cnc(C2CC2)s1. The van der Waals surface area contributed by atoms with Crippen molar-refractivity contribution in [3.63, 3.8) is 0 Å². The Morgan fingerprint density at radius 2 is 2.50 bits per heavy atom. The molecule has 1 aromatic rings. The van der Waals surface area contributed by atoms with E-state index in [4.69, 9.17) is 0 Å². The van der Waals surface area contributed by atoms with Gasteiger partial charge in [0.25, 0.3) is 0 Å². The second kappa shape index (κ2) is 6.42. The lowest BCUT2D eigenvalue weighted by Gasteiger charge is -2.01. The van der Waals surface area contributed by atoms with Crippen LogP contribution < -0.4 is 5.32 Å². The van der Waals surface area contributed by atoms with Crippen molar-refractivity contribution in [1.82, 2.24) is 10.3 Å². The van der Waals surface area contributed by atoms with Gasteiger partial charge in [-0.05, 0) is 12.8 Å². The Morgan fingerprint density at radius 3 is 3.25 bits per heavy atom. The molecule has 0 atom stereocenters. The number of aromatic nitrogens is 1. The van der Waals surface area contributed by atoms with Crippen LogP contribution in [-0.4, -0.2) is 23.0 Å². The quantitative estimate of drug-likeness (QED) is 0.570. The highest BCUT2D eigenvalue weighted by Gasteiger charge is 2.26. The van der Waals surface area contributed by atoms with Crippen molar-refractivity contribution in [3.05, 3.63) is 28.7 Å². The third-order valence-electron chi connectivity index (χ3n) is 2.46. The highest BCUT2D eigenvalue weighted by Crippen LogP contribution is 2.41. The van der Waals surface area contributed by atoms with Gasteiger partial charge in [0, 0.05) is 41.6 Å². The molecule has 0 unspecified atom stereocenters. The first-order valence-electron chi connectivity index (χ1n) is 5.74. The molecule has 16 heavy (non-hydrogen) atoms. The summed E-state index contributed by atoms with van der Waals surface area (Å²) in [6, 6.07) is 0. The third kappa shape index (κ3) is 3.92. The summed E-state index contributed by atoms with van der Waals surface area (Å²) in [5.74, 6) is 3.00. The molecule has 2 nitrogen and oxygen atoms in total. The van der Waals surface area contributed by atoms with Crippen LogP contribution in [0.3, 0.4) is 0 Å². The van der Waals surface area contributed by atoms with Gasteiger partial charge < -0.3 is 5.32 Å². The minimum absolute atomic E-state index is 0.793. The van der Waals surface area contributed by atoms with Gasteiger partial charge in [0.1, 0.15) is 0 Å². The zero-order valence-corrected chi connectivity index (χ0v) is 11.1. The third-order valence-corrected chi connectivity index (χ3v) is 4.58. The van der Waals surface area contributed by atoms with Gasteiger partial charge in [-0.25, -0.2) is 4.98 Å². The summed E-state index contributed by atoms with van der Waals surface area (Å²) in [7, 11) is 0. The van der Waals surface area contributed by atoms with Crippen LogP contribution in [0.2, 0.25) is 0 Å². The molecule has 1 saturated carbocycles. The van der Waals surface area contributed by atoms with E-state index in [1.54, 1.807) is 0 Å². The second-order valence-electron chi connectivity index (χ2n) is 3.98. The van der Waals surface area contributed by atoms with E-state index in [2.05, 4.69) is 16.9 Å². The minimum Gasteiger partial charge on any atom is -0.311 e. The number of rotatable bonds is 8. The molecule has 1 heterocycles. The first-order chi connectivity index (χ1) is 7.90. The van der Waals surface area contributed by atoms with Gasteiger partial charge in [-0.2, -0.15) is 11.8 Å². The van der Waals surface area contributed by atoms with Gasteiger partial charge in [0.15, 0.2) is 0 Å². The van der Waals surface area contributed by atoms with Crippen LogP contribution in [0.25, 0.3) is 0 Å². The monoisotopic (exact) mass is 254 g/mol. The van der Waals surface area contributed by atoms with Crippen LogP contribution >= 0.6 is 23.1 Å². The van der Waals surface area contributed by atoms with E-state index in [-0.39, 0.29) is 0 Å². The van der Waals surface area contributed by atoms with E-state index in [0.29, 0.717) is 0 Å². The summed E-state index contributed by atoms with van der Waals surface area (Å²) < 4.78 is 0. The van der Waals surface area contributed by atoms with Crippen molar-refractivity contribution in [2.75, 3.05) is 18.1 Å². The summed E-state index contributed by atoms with van der Waals surface area (Å²) in [4.78, 5) is 5.84. The first kappa shape index (κ1) is 12.1. The fraction of sp³-hybridized carbons (Fsp3) is 0.583. The maximum absolute atomic E-state index is 4.47. The number of nitrogens with one attached hydrogen (secondary N) is 1. The van der Waals surface area contributed by atoms with Crippen LogP contribution in [-0.2, 0) is 6.54 Å². The molecule has 1 aromatic heterocycles. The molecule has 0 spiro atoms. The first-order valence-corrected chi connectivity index (χ1v) is 7.71. The lowest BCUT2D eigenvalue weighted by molar-refractivity contribution is 0.740. The molecule has 4 heteroatoms. The Morgan fingerprint density at radius 1 is 1.62 bits per heavy atom. The van der Waals surface area contributed by atoms with Gasteiger partial charge >= 0.3 is 0 Å². The van der Waals surface area contributed by atoms with E-state index in [1.807, 2.05) is 35.4 Å². The molecule has 0 saturated heterocycles. The predicted molar refractivity (Wildman–Crippen MR) is 73.3 cm³/mol. The summed E-state index contributed by atoms with van der Waals surface area (Å²) in [6.07, 6.45) is 6.68. The van der Waals surface area contributed by atoms with Crippen molar-refractivity contribution in [3.8, 4) is 0 Å². The van der Waals surface area contributed by atoms with E-state index in [9.17, 15) is 0 Å². The van der Waals surface area contributed by atoms with E-state index >= 15 is 0 Å². The van der Waals surface area contributed by atoms with Crippen LogP contribution in [0.15, 0.2) is 18.9 Å². The maximum atomic E-state index is 4.47. The molecule has 88 valence electrons. The van der Waals surface area contributed by atoms with Gasteiger partial charge in [0.05, 0.1) is 5.01 Å². The Balaban J connectivity index is 1.59. The highest BCUT2D eigenvalue weighted by molar-refractivity contribution is 7.99. The van der Waals surface area contributed by atoms with Crippen LogP contribution in [0, 0.1) is 0 Å². The Hall–Kier alpha value is -0.320. The standard InChI is InChI=1S/C12H18N2S2/c1-2-6-15-7-5-13-8-11-9-14-12(16-11)10-3-4-10/h2,9-10,13H,1,3-8H2. The molecular weight excluding hydrogens is 236 g/mol. The zero-order chi connectivity index (χ0) is 11.2. The molecular formula is C12H18N2S2. The molecule has 0 bridgehead atoms. The smallest absolute Gasteiger partial charge is 0.0959 e. The number of nitrogens with zero attached hydrogens (tertiary/aromatic N) is 1. The van der Waals surface area contributed by atoms with Gasteiger partial charge in [0.2, 0.25) is 0 Å². The molecule has 0 aromatic carbocycles. The average Bonchev–Trinajstić information content (AvgIpc) is 3.04. The van der Waals surface area contributed by atoms with E-state index in [1.165, 1.54) is 22.7 Å². The number of thioether (sulfide) groups is 1. The molecule has 1 aliphatic carbocycles. The number of hydrogen-bond acceptors (Lipinski definition) is 4. The summed E-state index contributed by atoms with van der Waals surface area (Å²) in [6.45, 7) is 5.74. The molecule has 1 aliphatic rings. The largest absolute Gasteiger partial charge is 0.311 e. The molecule has 1 fully saturated rings. The van der Waals surface area contributed by atoms with Crippen LogP contribution in [0.4, 0.5) is 0 Å². The zero-order valence-electron chi connectivity index (χ0n) is 9.45. The van der Waals surface area contributed by atoms with Crippen LogP contribution in [0.5, 0.6) is 0 Å². The number of thiazole rings is 1. The Labute approximate surface area is 106 Å². The lowest BCUT2D eigenvalue weighted by atomic mass is 10.5. The molecule has 1 N–H and O–H groups in total. The Kier molecular flexibility index (Phi) is 4.88. The summed E-state index contributed by atoms with van der Waals surface area (Å²) in [5, 5.41) is 4.79. The molecule has 2 rings (SSSR count). The molecule has 0 radical (unpaired) electrons. The van der Waals surface area contributed by atoms with Crippen molar-refractivity contribution >= 4 is 23.1 Å². The lowest BCUT2D eigenvalue weighted by Crippen LogP contribution is -2.15. The predicted octanol–water partition coefficient (Wildman–Crippen LogP) is 3.03. The summed E-state index contributed by atoms with van der Waals surface area (Å²) >= 11 is 3.79. The topological polar surface area (TPSA) is 24.9 Å². The molecule has 0 aliphatic heterocycles. The van der Waals surface area contributed by atoms with E-state index < -0.39 is 0 Å². The van der Waals surface area contributed by atoms with Crippen molar-refractivity contribution in [2.45, 2.75) is 25.3 Å². The fourth-order valence-electron chi connectivity index (χ4n) is 1.45. The van der Waals surface area contributed by atoms with E-state index in [0.717, 1.165) is 30.5 Å². The van der Waals surface area contributed by atoms with Crippen molar-refractivity contribution in [2.24, 2.45) is 0 Å². The second-order valence-corrected chi connectivity index (χ2v) is 6.28. The number of hydrogen-bond donors (Lipinski definition) is 1. The minimum atomic E-state index is 0.793. The van der Waals surface area contributed by atoms with Crippen molar-refractivity contribution < 1.29 is 0 Å². The normalized spacial score (nSPS) is 15.2. The van der Waals surface area contributed by atoms with Crippen LogP contribution in [0.1, 0.15) is 28.6 Å². The summed E-state index contributed by atoms with van der Waals surface area (Å²) in [5.41, 5.74) is 0. The Bertz CT molecular complexity index is 332. The average molecular weight is 254 g/mol. The van der Waals surface area contributed by atoms with Gasteiger partial charge in [-0.15, -0.1) is 17.9 Å². The van der Waals surface area contributed by atoms with Crippen molar-refractivity contribution in [1.29, 1.82) is 0 Å².